The molecule has 1 unspecified atom stereocenters. The Hall–Kier alpha value is -2.40. The Morgan fingerprint density at radius 1 is 1.22 bits per heavy atom. The largest absolute Gasteiger partial charge is 0.383 e. The van der Waals surface area contributed by atoms with Crippen molar-refractivity contribution in [3.8, 4) is 17.1 Å². The van der Waals surface area contributed by atoms with Crippen molar-refractivity contribution in [1.29, 1.82) is 0 Å². The second-order valence-electron chi connectivity index (χ2n) is 5.67. The maximum absolute atomic E-state index is 13.6. The van der Waals surface area contributed by atoms with E-state index in [9.17, 15) is 4.39 Å². The molecule has 1 N–H and O–H groups in total. The van der Waals surface area contributed by atoms with Crippen LogP contribution >= 0.6 is 11.6 Å². The number of rotatable bonds is 1. The van der Waals surface area contributed by atoms with Gasteiger partial charge in [-0.05, 0) is 30.3 Å². The second-order valence-corrected chi connectivity index (χ2v) is 6.11. The third kappa shape index (κ3) is 2.37. The number of nitrogens with zero attached hydrogens (tertiary/aromatic N) is 3. The molecule has 2 aromatic carbocycles. The third-order valence-electron chi connectivity index (χ3n) is 4.01. The van der Waals surface area contributed by atoms with Crippen LogP contribution in [0, 0.1) is 5.82 Å². The van der Waals surface area contributed by atoms with Crippen molar-refractivity contribution >= 4 is 17.3 Å². The number of fused-ring (bicyclic) bond motifs is 3. The highest BCUT2D eigenvalue weighted by Crippen LogP contribution is 2.34. The zero-order chi connectivity index (χ0) is 16.0. The lowest BCUT2D eigenvalue weighted by atomic mass is 10.1. The van der Waals surface area contributed by atoms with Crippen LogP contribution in [0.25, 0.3) is 17.1 Å². The fourth-order valence-electron chi connectivity index (χ4n) is 2.87. The lowest BCUT2D eigenvalue weighted by Gasteiger charge is -2.12. The van der Waals surface area contributed by atoms with Gasteiger partial charge in [0.1, 0.15) is 11.6 Å². The molecule has 0 fully saturated rings. The third-order valence-corrected chi connectivity index (χ3v) is 4.24. The van der Waals surface area contributed by atoms with Crippen molar-refractivity contribution in [3.63, 3.8) is 0 Å². The molecule has 116 valence electrons. The fourth-order valence-corrected chi connectivity index (χ4v) is 3.04. The molecule has 0 bridgehead atoms. The minimum atomic E-state index is -0.295. The van der Waals surface area contributed by atoms with E-state index in [1.165, 1.54) is 12.1 Å². The first-order valence-electron chi connectivity index (χ1n) is 7.38. The Morgan fingerprint density at radius 3 is 2.91 bits per heavy atom. The standard InChI is InChI=1S/C17H14ClFN4/c1-10-9-20-14-8-12(18)5-6-15(14)23-16(10)21-22-17(23)11-3-2-4-13(19)7-11/h2-8,10,20H,9H2,1H3. The number of nitrogens with one attached hydrogen (secondary N) is 1. The number of aromatic nitrogens is 3. The summed E-state index contributed by atoms with van der Waals surface area (Å²) < 4.78 is 15.6. The smallest absolute Gasteiger partial charge is 0.168 e. The Bertz CT molecular complexity index is 890. The van der Waals surface area contributed by atoms with Crippen molar-refractivity contribution < 1.29 is 4.39 Å². The van der Waals surface area contributed by atoms with Crippen LogP contribution in [0.2, 0.25) is 5.02 Å². The second kappa shape index (κ2) is 5.35. The molecule has 1 aliphatic rings. The first-order valence-corrected chi connectivity index (χ1v) is 7.76. The number of hydrogen-bond acceptors (Lipinski definition) is 3. The predicted octanol–water partition coefficient (Wildman–Crippen LogP) is 4.26. The van der Waals surface area contributed by atoms with E-state index in [-0.39, 0.29) is 11.7 Å². The van der Waals surface area contributed by atoms with Gasteiger partial charge in [0.25, 0.3) is 0 Å². The summed E-state index contributed by atoms with van der Waals surface area (Å²) in [6.07, 6.45) is 0. The van der Waals surface area contributed by atoms with E-state index in [2.05, 4.69) is 22.4 Å². The van der Waals surface area contributed by atoms with E-state index < -0.39 is 0 Å². The predicted molar refractivity (Wildman–Crippen MR) is 88.7 cm³/mol. The van der Waals surface area contributed by atoms with Crippen LogP contribution in [0.4, 0.5) is 10.1 Å². The van der Waals surface area contributed by atoms with Gasteiger partial charge in [-0.1, -0.05) is 30.7 Å². The summed E-state index contributed by atoms with van der Waals surface area (Å²) in [5, 5.41) is 12.7. The van der Waals surface area contributed by atoms with E-state index in [0.29, 0.717) is 16.4 Å². The van der Waals surface area contributed by atoms with Crippen LogP contribution in [0.3, 0.4) is 0 Å². The molecule has 4 nitrogen and oxygen atoms in total. The molecule has 1 aliphatic heterocycles. The molecule has 4 rings (SSSR count). The first-order chi connectivity index (χ1) is 11.1. The maximum atomic E-state index is 13.6. The minimum Gasteiger partial charge on any atom is -0.383 e. The quantitative estimate of drug-likeness (QED) is 0.726. The molecule has 6 heteroatoms. The van der Waals surface area contributed by atoms with E-state index in [1.54, 1.807) is 6.07 Å². The molecule has 1 aromatic heterocycles. The molecule has 0 saturated carbocycles. The first kappa shape index (κ1) is 14.2. The Kier molecular flexibility index (Phi) is 3.31. The Morgan fingerprint density at radius 2 is 2.09 bits per heavy atom. The van der Waals surface area contributed by atoms with Crippen LogP contribution in [0.15, 0.2) is 42.5 Å². The normalized spacial score (nSPS) is 16.2. The molecule has 0 spiro atoms. The number of benzene rings is 2. The zero-order valence-corrected chi connectivity index (χ0v) is 13.2. The zero-order valence-electron chi connectivity index (χ0n) is 12.4. The van der Waals surface area contributed by atoms with Crippen molar-refractivity contribution in [2.24, 2.45) is 0 Å². The van der Waals surface area contributed by atoms with Gasteiger partial charge >= 0.3 is 0 Å². The molecule has 0 saturated heterocycles. The monoisotopic (exact) mass is 328 g/mol. The average Bonchev–Trinajstić information content (AvgIpc) is 2.92. The van der Waals surface area contributed by atoms with Gasteiger partial charge in [-0.2, -0.15) is 0 Å². The van der Waals surface area contributed by atoms with E-state index >= 15 is 0 Å². The molecule has 23 heavy (non-hydrogen) atoms. The summed E-state index contributed by atoms with van der Waals surface area (Å²) in [7, 11) is 0. The summed E-state index contributed by atoms with van der Waals surface area (Å²) in [5.74, 6) is 1.34. The number of halogens is 2. The topological polar surface area (TPSA) is 42.7 Å². The van der Waals surface area contributed by atoms with Crippen molar-refractivity contribution in [2.45, 2.75) is 12.8 Å². The lowest BCUT2D eigenvalue weighted by molar-refractivity contribution is 0.628. The lowest BCUT2D eigenvalue weighted by Crippen LogP contribution is -2.09. The Labute approximate surface area is 137 Å². The molecule has 0 amide bonds. The summed E-state index contributed by atoms with van der Waals surface area (Å²) in [6.45, 7) is 2.81. The number of anilines is 1. The van der Waals surface area contributed by atoms with Gasteiger partial charge in [-0.15, -0.1) is 10.2 Å². The van der Waals surface area contributed by atoms with Gasteiger partial charge in [0, 0.05) is 23.0 Å². The summed E-state index contributed by atoms with van der Waals surface area (Å²) in [5.41, 5.74) is 2.53. The molecule has 2 heterocycles. The highest BCUT2D eigenvalue weighted by molar-refractivity contribution is 6.31. The van der Waals surface area contributed by atoms with Gasteiger partial charge in [-0.25, -0.2) is 4.39 Å². The van der Waals surface area contributed by atoms with Crippen LogP contribution in [0.5, 0.6) is 0 Å². The van der Waals surface area contributed by atoms with Crippen molar-refractivity contribution in [3.05, 3.63) is 59.1 Å². The molecular formula is C17H14ClFN4. The fraction of sp³-hybridized carbons (Fsp3) is 0.176. The molecule has 0 radical (unpaired) electrons. The van der Waals surface area contributed by atoms with Gasteiger partial charge in [0.05, 0.1) is 11.4 Å². The van der Waals surface area contributed by atoms with E-state index in [0.717, 1.165) is 23.7 Å². The SMILES string of the molecule is CC1CNc2cc(Cl)ccc2-n2c(-c3cccc(F)c3)nnc21. The van der Waals surface area contributed by atoms with E-state index in [4.69, 9.17) is 11.6 Å². The summed E-state index contributed by atoms with van der Waals surface area (Å²) >= 11 is 6.11. The van der Waals surface area contributed by atoms with Crippen molar-refractivity contribution in [2.75, 3.05) is 11.9 Å². The van der Waals surface area contributed by atoms with Crippen LogP contribution in [-0.2, 0) is 0 Å². The molecule has 3 aromatic rings. The highest BCUT2D eigenvalue weighted by atomic mass is 35.5. The van der Waals surface area contributed by atoms with Gasteiger partial charge in [0.2, 0.25) is 0 Å². The number of hydrogen-bond donors (Lipinski definition) is 1. The van der Waals surface area contributed by atoms with Crippen LogP contribution < -0.4 is 5.32 Å². The maximum Gasteiger partial charge on any atom is 0.168 e. The van der Waals surface area contributed by atoms with Crippen LogP contribution in [0.1, 0.15) is 18.7 Å². The highest BCUT2D eigenvalue weighted by Gasteiger charge is 2.25. The average molecular weight is 329 g/mol. The van der Waals surface area contributed by atoms with Gasteiger partial charge in [-0.3, -0.25) is 4.57 Å². The summed E-state index contributed by atoms with van der Waals surface area (Å²) in [4.78, 5) is 0. The van der Waals surface area contributed by atoms with Crippen LogP contribution in [-0.4, -0.2) is 21.3 Å². The van der Waals surface area contributed by atoms with Gasteiger partial charge < -0.3 is 5.32 Å². The molecule has 0 aliphatic carbocycles. The Balaban J connectivity index is 1.99. The summed E-state index contributed by atoms with van der Waals surface area (Å²) in [6, 6.07) is 12.0. The molecular weight excluding hydrogens is 315 g/mol. The van der Waals surface area contributed by atoms with E-state index in [1.807, 2.05) is 28.8 Å². The van der Waals surface area contributed by atoms with Gasteiger partial charge in [0.15, 0.2) is 5.82 Å². The molecule has 1 atom stereocenters. The minimum absolute atomic E-state index is 0.163. The van der Waals surface area contributed by atoms with Crippen molar-refractivity contribution in [1.82, 2.24) is 14.8 Å².